The summed E-state index contributed by atoms with van der Waals surface area (Å²) in [6.45, 7) is 10.3. The molecule has 0 fully saturated rings. The van der Waals surface area contributed by atoms with Crippen molar-refractivity contribution in [1.29, 1.82) is 0 Å². The average Bonchev–Trinajstić information content (AvgIpc) is 2.01. The average molecular weight is 186 g/mol. The van der Waals surface area contributed by atoms with Crippen LogP contribution in [0.2, 0.25) is 0 Å². The van der Waals surface area contributed by atoms with Crippen molar-refractivity contribution in [2.75, 3.05) is 0 Å². The van der Waals surface area contributed by atoms with Crippen LogP contribution in [-0.4, -0.2) is 5.91 Å². The number of amides is 1. The second kappa shape index (κ2) is 4.09. The highest BCUT2D eigenvalue weighted by molar-refractivity contribution is 5.81. The molecule has 1 amide bonds. The third-order valence-electron chi connectivity index (χ3n) is 2.62. The Balaban J connectivity index is 4.41. The SMILES string of the molecule is CCC(C)(C)CC(C)(C)C(=O)NN. The van der Waals surface area contributed by atoms with E-state index in [4.69, 9.17) is 5.84 Å². The second-order valence-corrected chi connectivity index (χ2v) is 5.05. The van der Waals surface area contributed by atoms with Gasteiger partial charge in [0.1, 0.15) is 0 Å². The van der Waals surface area contributed by atoms with E-state index in [1.54, 1.807) is 0 Å². The van der Waals surface area contributed by atoms with Crippen LogP contribution in [0.25, 0.3) is 0 Å². The number of nitrogens with one attached hydrogen (secondary N) is 1. The standard InChI is InChI=1S/C10H22N2O/c1-6-9(2,3)7-10(4,5)8(13)12-11/h6-7,11H2,1-5H3,(H,12,13). The molecule has 0 aliphatic rings. The van der Waals surface area contributed by atoms with Gasteiger partial charge in [-0.25, -0.2) is 5.84 Å². The Hall–Kier alpha value is -0.570. The molecule has 0 aromatic rings. The summed E-state index contributed by atoms with van der Waals surface area (Å²) in [5.74, 6) is 5.03. The van der Waals surface area contributed by atoms with Crippen LogP contribution < -0.4 is 11.3 Å². The van der Waals surface area contributed by atoms with Gasteiger partial charge in [0.25, 0.3) is 0 Å². The summed E-state index contributed by atoms with van der Waals surface area (Å²) in [6.07, 6.45) is 1.91. The third kappa shape index (κ3) is 3.77. The van der Waals surface area contributed by atoms with Crippen LogP contribution in [0.1, 0.15) is 47.5 Å². The molecule has 3 nitrogen and oxygen atoms in total. The molecule has 78 valence electrons. The smallest absolute Gasteiger partial charge is 0.239 e. The van der Waals surface area contributed by atoms with Gasteiger partial charge in [0.15, 0.2) is 0 Å². The first-order chi connectivity index (χ1) is 5.75. The Morgan fingerprint density at radius 1 is 1.31 bits per heavy atom. The zero-order chi connectivity index (χ0) is 10.7. The van der Waals surface area contributed by atoms with Crippen molar-refractivity contribution in [2.24, 2.45) is 16.7 Å². The first-order valence-electron chi connectivity index (χ1n) is 4.76. The summed E-state index contributed by atoms with van der Waals surface area (Å²) in [5.41, 5.74) is 2.02. The van der Waals surface area contributed by atoms with Crippen LogP contribution in [0.15, 0.2) is 0 Å². The van der Waals surface area contributed by atoms with Crippen molar-refractivity contribution >= 4 is 5.91 Å². The molecule has 0 saturated carbocycles. The van der Waals surface area contributed by atoms with Crippen LogP contribution in [0.4, 0.5) is 0 Å². The lowest BCUT2D eigenvalue weighted by molar-refractivity contribution is -0.131. The summed E-state index contributed by atoms with van der Waals surface area (Å²) >= 11 is 0. The largest absolute Gasteiger partial charge is 0.294 e. The second-order valence-electron chi connectivity index (χ2n) is 5.05. The van der Waals surface area contributed by atoms with E-state index in [1.807, 2.05) is 13.8 Å². The Labute approximate surface area is 81.0 Å². The van der Waals surface area contributed by atoms with Crippen molar-refractivity contribution in [2.45, 2.75) is 47.5 Å². The van der Waals surface area contributed by atoms with Gasteiger partial charge in [-0.15, -0.1) is 0 Å². The van der Waals surface area contributed by atoms with E-state index in [9.17, 15) is 4.79 Å². The van der Waals surface area contributed by atoms with Crippen LogP contribution in [0.5, 0.6) is 0 Å². The Kier molecular flexibility index (Phi) is 3.91. The monoisotopic (exact) mass is 186 g/mol. The van der Waals surface area contributed by atoms with Gasteiger partial charge in [-0.1, -0.05) is 41.0 Å². The van der Waals surface area contributed by atoms with Gasteiger partial charge in [0.05, 0.1) is 0 Å². The highest BCUT2D eigenvalue weighted by Crippen LogP contribution is 2.35. The lowest BCUT2D eigenvalue weighted by Gasteiger charge is -2.32. The molecule has 0 bridgehead atoms. The Morgan fingerprint density at radius 3 is 2.08 bits per heavy atom. The van der Waals surface area contributed by atoms with Gasteiger partial charge >= 0.3 is 0 Å². The first-order valence-corrected chi connectivity index (χ1v) is 4.76. The van der Waals surface area contributed by atoms with Crippen molar-refractivity contribution < 1.29 is 4.79 Å². The highest BCUT2D eigenvalue weighted by Gasteiger charge is 2.33. The Morgan fingerprint density at radius 2 is 1.77 bits per heavy atom. The summed E-state index contributed by atoms with van der Waals surface area (Å²) in [6, 6.07) is 0. The highest BCUT2D eigenvalue weighted by atomic mass is 16.2. The fraction of sp³-hybridized carbons (Fsp3) is 0.900. The molecule has 0 aliphatic heterocycles. The molecule has 0 rings (SSSR count). The van der Waals surface area contributed by atoms with Crippen LogP contribution in [0.3, 0.4) is 0 Å². The number of hydrogen-bond acceptors (Lipinski definition) is 2. The molecule has 0 aromatic carbocycles. The molecule has 0 saturated heterocycles. The van der Waals surface area contributed by atoms with Gasteiger partial charge in [-0.3, -0.25) is 10.2 Å². The fourth-order valence-electron chi connectivity index (χ4n) is 1.60. The number of hydrazine groups is 1. The van der Waals surface area contributed by atoms with E-state index in [0.29, 0.717) is 0 Å². The van der Waals surface area contributed by atoms with E-state index < -0.39 is 0 Å². The van der Waals surface area contributed by atoms with Crippen LogP contribution in [0, 0.1) is 10.8 Å². The molecule has 0 spiro atoms. The number of carbonyl (C=O) groups excluding carboxylic acids is 1. The van der Waals surface area contributed by atoms with Gasteiger partial charge in [0, 0.05) is 5.41 Å². The maximum atomic E-state index is 11.4. The maximum absolute atomic E-state index is 11.4. The van der Waals surface area contributed by atoms with Crippen molar-refractivity contribution in [1.82, 2.24) is 5.43 Å². The topological polar surface area (TPSA) is 55.1 Å². The molecular formula is C10H22N2O. The molecule has 3 N–H and O–H groups in total. The van der Waals surface area contributed by atoms with Crippen molar-refractivity contribution in [3.8, 4) is 0 Å². The summed E-state index contributed by atoms with van der Waals surface area (Å²) < 4.78 is 0. The predicted octanol–water partition coefficient (Wildman–Crippen LogP) is 1.83. The molecule has 0 radical (unpaired) electrons. The van der Waals surface area contributed by atoms with Crippen molar-refractivity contribution in [3.05, 3.63) is 0 Å². The van der Waals surface area contributed by atoms with E-state index in [1.165, 1.54) is 0 Å². The Bertz CT molecular complexity index is 185. The molecule has 0 heterocycles. The van der Waals surface area contributed by atoms with Gasteiger partial charge in [-0.05, 0) is 11.8 Å². The van der Waals surface area contributed by atoms with E-state index in [0.717, 1.165) is 12.8 Å². The van der Waals surface area contributed by atoms with Crippen molar-refractivity contribution in [3.63, 3.8) is 0 Å². The van der Waals surface area contributed by atoms with Crippen LogP contribution >= 0.6 is 0 Å². The number of nitrogens with two attached hydrogens (primary N) is 1. The molecule has 0 atom stereocenters. The zero-order valence-corrected chi connectivity index (χ0v) is 9.40. The van der Waals surface area contributed by atoms with E-state index in [2.05, 4.69) is 26.2 Å². The molecule has 0 aliphatic carbocycles. The third-order valence-corrected chi connectivity index (χ3v) is 2.62. The fourth-order valence-corrected chi connectivity index (χ4v) is 1.60. The van der Waals surface area contributed by atoms with Crippen LogP contribution in [-0.2, 0) is 4.79 Å². The number of hydrogen-bond donors (Lipinski definition) is 2. The minimum Gasteiger partial charge on any atom is -0.294 e. The summed E-state index contributed by atoms with van der Waals surface area (Å²) in [5, 5.41) is 0. The van der Waals surface area contributed by atoms with Gasteiger partial charge < -0.3 is 0 Å². The number of rotatable bonds is 4. The molecule has 0 aromatic heterocycles. The lowest BCUT2D eigenvalue weighted by Crippen LogP contribution is -2.43. The predicted molar refractivity (Wildman–Crippen MR) is 54.8 cm³/mol. The first kappa shape index (κ1) is 12.4. The van der Waals surface area contributed by atoms with Gasteiger partial charge in [-0.2, -0.15) is 0 Å². The lowest BCUT2D eigenvalue weighted by atomic mass is 9.73. The van der Waals surface area contributed by atoms with E-state index in [-0.39, 0.29) is 16.7 Å². The minimum absolute atomic E-state index is 0.0889. The molecule has 0 unspecified atom stereocenters. The molecule has 13 heavy (non-hydrogen) atoms. The zero-order valence-electron chi connectivity index (χ0n) is 9.40. The normalized spacial score (nSPS) is 12.8. The molecule has 3 heteroatoms. The quantitative estimate of drug-likeness (QED) is 0.400. The summed E-state index contributed by atoms with van der Waals surface area (Å²) in [4.78, 5) is 11.4. The van der Waals surface area contributed by atoms with E-state index >= 15 is 0 Å². The maximum Gasteiger partial charge on any atom is 0.239 e. The van der Waals surface area contributed by atoms with Gasteiger partial charge in [0.2, 0.25) is 5.91 Å². The minimum atomic E-state index is -0.381. The number of carbonyl (C=O) groups is 1. The summed E-state index contributed by atoms with van der Waals surface area (Å²) in [7, 11) is 0. The molecular weight excluding hydrogens is 164 g/mol.